The summed E-state index contributed by atoms with van der Waals surface area (Å²) in [5, 5.41) is 0. The average molecular weight is 204 g/mol. The lowest BCUT2D eigenvalue weighted by atomic mass is 9.80. The minimum atomic E-state index is -0.282. The van der Waals surface area contributed by atoms with Gasteiger partial charge in [-0.15, -0.1) is 0 Å². The van der Waals surface area contributed by atoms with Gasteiger partial charge in [0.2, 0.25) is 0 Å². The molecule has 1 heterocycles. The standard InChI is InChI=1S/C13H20N2/c1-9-7-11(13(2,3)14)8-15-12(9)10-5-4-6-10/h7-8,10H,4-6,14H2,1-3H3. The van der Waals surface area contributed by atoms with Crippen molar-refractivity contribution in [3.05, 3.63) is 29.1 Å². The van der Waals surface area contributed by atoms with Gasteiger partial charge in [0.15, 0.2) is 0 Å². The first-order valence-corrected chi connectivity index (χ1v) is 5.74. The predicted molar refractivity (Wildman–Crippen MR) is 62.8 cm³/mol. The van der Waals surface area contributed by atoms with Crippen LogP contribution in [0, 0.1) is 6.92 Å². The van der Waals surface area contributed by atoms with Crippen molar-refractivity contribution in [2.24, 2.45) is 5.73 Å². The maximum atomic E-state index is 6.06. The molecule has 1 aromatic rings. The zero-order chi connectivity index (χ0) is 11.1. The Morgan fingerprint density at radius 2 is 2.07 bits per heavy atom. The lowest BCUT2D eigenvalue weighted by molar-refractivity contribution is 0.408. The number of aromatic nitrogens is 1. The van der Waals surface area contributed by atoms with Gasteiger partial charge < -0.3 is 5.73 Å². The molecule has 0 atom stereocenters. The molecule has 0 aromatic carbocycles. The molecule has 0 aliphatic heterocycles. The molecule has 0 radical (unpaired) electrons. The zero-order valence-electron chi connectivity index (χ0n) is 9.88. The molecule has 2 heteroatoms. The summed E-state index contributed by atoms with van der Waals surface area (Å²) in [6, 6.07) is 2.20. The van der Waals surface area contributed by atoms with E-state index in [2.05, 4.69) is 18.0 Å². The number of aryl methyl sites for hydroxylation is 1. The van der Waals surface area contributed by atoms with Crippen molar-refractivity contribution < 1.29 is 0 Å². The van der Waals surface area contributed by atoms with Gasteiger partial charge in [-0.25, -0.2) is 0 Å². The second-order valence-corrected chi connectivity index (χ2v) is 5.28. The van der Waals surface area contributed by atoms with Gasteiger partial charge in [-0.3, -0.25) is 4.98 Å². The Kier molecular flexibility index (Phi) is 2.55. The van der Waals surface area contributed by atoms with Crippen molar-refractivity contribution >= 4 is 0 Å². The quantitative estimate of drug-likeness (QED) is 0.804. The number of nitrogens with two attached hydrogens (primary N) is 1. The minimum Gasteiger partial charge on any atom is -0.322 e. The third kappa shape index (κ3) is 2.05. The van der Waals surface area contributed by atoms with Gasteiger partial charge in [0.25, 0.3) is 0 Å². The fraction of sp³-hybridized carbons (Fsp3) is 0.615. The Balaban J connectivity index is 2.30. The first-order chi connectivity index (χ1) is 6.98. The molecular weight excluding hydrogens is 184 g/mol. The normalized spacial score (nSPS) is 17.6. The lowest BCUT2D eigenvalue weighted by Gasteiger charge is -2.27. The second kappa shape index (κ2) is 3.60. The highest BCUT2D eigenvalue weighted by atomic mass is 14.7. The molecule has 1 fully saturated rings. The van der Waals surface area contributed by atoms with Gasteiger partial charge in [-0.05, 0) is 44.7 Å². The number of rotatable bonds is 2. The van der Waals surface area contributed by atoms with E-state index in [9.17, 15) is 0 Å². The van der Waals surface area contributed by atoms with E-state index in [-0.39, 0.29) is 5.54 Å². The molecule has 82 valence electrons. The molecule has 15 heavy (non-hydrogen) atoms. The van der Waals surface area contributed by atoms with Crippen LogP contribution >= 0.6 is 0 Å². The number of pyridine rings is 1. The summed E-state index contributed by atoms with van der Waals surface area (Å²) in [5.74, 6) is 0.708. The van der Waals surface area contributed by atoms with E-state index in [1.165, 1.54) is 30.5 Å². The van der Waals surface area contributed by atoms with Gasteiger partial charge in [0, 0.05) is 23.3 Å². The molecule has 2 rings (SSSR count). The van der Waals surface area contributed by atoms with E-state index in [0.717, 1.165) is 5.56 Å². The van der Waals surface area contributed by atoms with Crippen LogP contribution in [0.3, 0.4) is 0 Å². The Hall–Kier alpha value is -0.890. The highest BCUT2D eigenvalue weighted by Gasteiger charge is 2.23. The largest absolute Gasteiger partial charge is 0.322 e. The summed E-state index contributed by atoms with van der Waals surface area (Å²) >= 11 is 0. The maximum Gasteiger partial charge on any atom is 0.0463 e. The van der Waals surface area contributed by atoms with Crippen LogP contribution in [-0.2, 0) is 5.54 Å². The summed E-state index contributed by atoms with van der Waals surface area (Å²) in [5.41, 5.74) is 9.49. The first-order valence-electron chi connectivity index (χ1n) is 5.74. The van der Waals surface area contributed by atoms with Gasteiger partial charge in [0.05, 0.1) is 0 Å². The number of hydrogen-bond donors (Lipinski definition) is 1. The summed E-state index contributed by atoms with van der Waals surface area (Å²) in [6.45, 7) is 6.19. The van der Waals surface area contributed by atoms with E-state index < -0.39 is 0 Å². The molecule has 0 unspecified atom stereocenters. The lowest BCUT2D eigenvalue weighted by Crippen LogP contribution is -2.29. The SMILES string of the molecule is Cc1cc(C(C)(C)N)cnc1C1CCC1. The molecule has 1 aliphatic carbocycles. The summed E-state index contributed by atoms with van der Waals surface area (Å²) < 4.78 is 0. The Morgan fingerprint density at radius 3 is 2.47 bits per heavy atom. The zero-order valence-corrected chi connectivity index (χ0v) is 9.88. The van der Waals surface area contributed by atoms with Gasteiger partial charge in [0.1, 0.15) is 0 Å². The maximum absolute atomic E-state index is 6.06. The van der Waals surface area contributed by atoms with Crippen LogP contribution in [0.5, 0.6) is 0 Å². The molecule has 2 nitrogen and oxygen atoms in total. The third-order valence-electron chi connectivity index (χ3n) is 3.35. The summed E-state index contributed by atoms with van der Waals surface area (Å²) in [7, 11) is 0. The van der Waals surface area contributed by atoms with Crippen molar-refractivity contribution in [3.8, 4) is 0 Å². The van der Waals surface area contributed by atoms with E-state index in [0.29, 0.717) is 5.92 Å². The molecule has 0 amide bonds. The Bertz CT molecular complexity index is 359. The van der Waals surface area contributed by atoms with Crippen LogP contribution in [0.15, 0.2) is 12.3 Å². The van der Waals surface area contributed by atoms with E-state index in [1.807, 2.05) is 20.0 Å². The molecule has 1 aromatic heterocycles. The van der Waals surface area contributed by atoms with Crippen LogP contribution < -0.4 is 5.73 Å². The van der Waals surface area contributed by atoms with Gasteiger partial charge >= 0.3 is 0 Å². The van der Waals surface area contributed by atoms with Crippen molar-refractivity contribution in [2.75, 3.05) is 0 Å². The Morgan fingerprint density at radius 1 is 1.40 bits per heavy atom. The highest BCUT2D eigenvalue weighted by Crippen LogP contribution is 2.37. The average Bonchev–Trinajstić information content (AvgIpc) is 2.03. The molecule has 2 N–H and O–H groups in total. The van der Waals surface area contributed by atoms with Crippen LogP contribution in [0.1, 0.15) is 55.8 Å². The van der Waals surface area contributed by atoms with E-state index in [4.69, 9.17) is 5.73 Å². The minimum absolute atomic E-state index is 0.282. The van der Waals surface area contributed by atoms with Crippen molar-refractivity contribution in [1.82, 2.24) is 4.98 Å². The fourth-order valence-electron chi connectivity index (χ4n) is 2.05. The van der Waals surface area contributed by atoms with E-state index >= 15 is 0 Å². The van der Waals surface area contributed by atoms with Gasteiger partial charge in [-0.1, -0.05) is 12.5 Å². The van der Waals surface area contributed by atoms with Crippen LogP contribution in [-0.4, -0.2) is 4.98 Å². The summed E-state index contributed by atoms with van der Waals surface area (Å²) in [6.07, 6.45) is 5.91. The van der Waals surface area contributed by atoms with E-state index in [1.54, 1.807) is 0 Å². The van der Waals surface area contributed by atoms with Crippen LogP contribution in [0.2, 0.25) is 0 Å². The van der Waals surface area contributed by atoms with Gasteiger partial charge in [-0.2, -0.15) is 0 Å². The molecule has 0 bridgehead atoms. The third-order valence-corrected chi connectivity index (χ3v) is 3.35. The smallest absolute Gasteiger partial charge is 0.0463 e. The molecule has 1 aliphatic rings. The fourth-order valence-corrected chi connectivity index (χ4v) is 2.05. The molecular formula is C13H20N2. The van der Waals surface area contributed by atoms with Crippen molar-refractivity contribution in [1.29, 1.82) is 0 Å². The summed E-state index contributed by atoms with van der Waals surface area (Å²) in [4.78, 5) is 4.59. The monoisotopic (exact) mass is 204 g/mol. The molecule has 1 saturated carbocycles. The second-order valence-electron chi connectivity index (χ2n) is 5.28. The molecule has 0 saturated heterocycles. The molecule has 0 spiro atoms. The van der Waals surface area contributed by atoms with Crippen LogP contribution in [0.4, 0.5) is 0 Å². The van der Waals surface area contributed by atoms with Crippen molar-refractivity contribution in [2.45, 2.75) is 51.5 Å². The first kappa shape index (κ1) is 10.6. The van der Waals surface area contributed by atoms with Crippen LogP contribution in [0.25, 0.3) is 0 Å². The topological polar surface area (TPSA) is 38.9 Å². The number of hydrogen-bond acceptors (Lipinski definition) is 2. The highest BCUT2D eigenvalue weighted by molar-refractivity contribution is 5.30. The Labute approximate surface area is 91.9 Å². The van der Waals surface area contributed by atoms with Crippen molar-refractivity contribution in [3.63, 3.8) is 0 Å². The predicted octanol–water partition coefficient (Wildman–Crippen LogP) is 2.85. The number of nitrogens with zero attached hydrogens (tertiary/aromatic N) is 1.